The van der Waals surface area contributed by atoms with E-state index in [1.165, 1.54) is 4.57 Å². The fourth-order valence-corrected chi connectivity index (χ4v) is 3.58. The zero-order chi connectivity index (χ0) is 21.6. The average Bonchev–Trinajstić information content (AvgIpc) is 3.13. The van der Waals surface area contributed by atoms with Crippen LogP contribution in [0.2, 0.25) is 0 Å². The standard InChI is InChI=1S/C19H16F3N3O5/c20-4-11-8-30-14-7-24-6-12(16(26)17(27)15(24)19(29)25(11)14)18(28)23-5-9-1-2-10(21)3-13(9)22/h1-3,6,11,14,27H,4-5,7-8H2,(H,23,28). The summed E-state index contributed by atoms with van der Waals surface area (Å²) in [6.07, 6.45) is 0.298. The first-order valence-corrected chi connectivity index (χ1v) is 9.00. The third-order valence-corrected chi connectivity index (χ3v) is 5.11. The highest BCUT2D eigenvalue weighted by Crippen LogP contribution is 2.29. The van der Waals surface area contributed by atoms with E-state index in [2.05, 4.69) is 5.32 Å². The first-order valence-electron chi connectivity index (χ1n) is 9.00. The third-order valence-electron chi connectivity index (χ3n) is 5.11. The van der Waals surface area contributed by atoms with Crippen molar-refractivity contribution in [3.63, 3.8) is 0 Å². The molecule has 2 aliphatic heterocycles. The number of halogens is 3. The Morgan fingerprint density at radius 2 is 2.07 bits per heavy atom. The van der Waals surface area contributed by atoms with E-state index in [9.17, 15) is 32.7 Å². The number of aromatic hydroxyl groups is 1. The number of carbonyl (C=O) groups is 2. The molecule has 1 aromatic heterocycles. The normalized spacial score (nSPS) is 20.1. The molecule has 0 bridgehead atoms. The van der Waals surface area contributed by atoms with Gasteiger partial charge in [-0.15, -0.1) is 0 Å². The van der Waals surface area contributed by atoms with E-state index in [1.807, 2.05) is 0 Å². The molecule has 2 amide bonds. The number of alkyl halides is 1. The molecule has 0 aliphatic carbocycles. The van der Waals surface area contributed by atoms with Crippen molar-refractivity contribution in [3.8, 4) is 5.75 Å². The van der Waals surface area contributed by atoms with E-state index in [0.29, 0.717) is 6.07 Å². The van der Waals surface area contributed by atoms with Gasteiger partial charge in [0.1, 0.15) is 23.9 Å². The number of rotatable bonds is 4. The van der Waals surface area contributed by atoms with Gasteiger partial charge >= 0.3 is 0 Å². The van der Waals surface area contributed by atoms with Gasteiger partial charge in [0.15, 0.2) is 17.7 Å². The SMILES string of the molecule is O=C(NCc1ccc(F)cc1F)c1cn2c(c(O)c1=O)C(=O)N1C(CF)COC1C2. The number of nitrogens with one attached hydrogen (secondary N) is 1. The number of ether oxygens (including phenoxy) is 1. The molecule has 2 N–H and O–H groups in total. The minimum absolute atomic E-state index is 0.00512. The maximum absolute atomic E-state index is 13.7. The van der Waals surface area contributed by atoms with Gasteiger partial charge in [0.2, 0.25) is 5.43 Å². The lowest BCUT2D eigenvalue weighted by molar-refractivity contribution is 0.00500. The lowest BCUT2D eigenvalue weighted by Gasteiger charge is -2.33. The predicted octanol–water partition coefficient (Wildman–Crippen LogP) is 0.912. The Balaban J connectivity index is 1.62. The fourth-order valence-electron chi connectivity index (χ4n) is 3.58. The number of aromatic nitrogens is 1. The summed E-state index contributed by atoms with van der Waals surface area (Å²) in [6.45, 7) is -1.21. The Kier molecular flexibility index (Phi) is 4.98. The lowest BCUT2D eigenvalue weighted by Crippen LogP contribution is -2.50. The molecule has 1 aromatic carbocycles. The zero-order valence-corrected chi connectivity index (χ0v) is 15.4. The largest absolute Gasteiger partial charge is 0.503 e. The van der Waals surface area contributed by atoms with E-state index < -0.39 is 59.1 Å². The number of nitrogens with zero attached hydrogens (tertiary/aromatic N) is 2. The highest BCUT2D eigenvalue weighted by atomic mass is 19.1. The fraction of sp³-hybridized carbons (Fsp3) is 0.316. The second-order valence-electron chi connectivity index (χ2n) is 6.95. The van der Waals surface area contributed by atoms with Crippen LogP contribution in [-0.4, -0.2) is 51.9 Å². The van der Waals surface area contributed by atoms with Crippen LogP contribution in [0, 0.1) is 11.6 Å². The number of fused-ring (bicyclic) bond motifs is 2. The molecule has 2 aliphatic rings. The maximum atomic E-state index is 13.7. The van der Waals surface area contributed by atoms with Crippen LogP contribution < -0.4 is 10.7 Å². The van der Waals surface area contributed by atoms with Gasteiger partial charge in [0.05, 0.1) is 19.2 Å². The summed E-state index contributed by atoms with van der Waals surface area (Å²) in [5, 5.41) is 12.6. The Hall–Kier alpha value is -3.34. The molecule has 2 aromatic rings. The van der Waals surface area contributed by atoms with Gasteiger partial charge in [0.25, 0.3) is 11.8 Å². The van der Waals surface area contributed by atoms with Crippen LogP contribution in [0.5, 0.6) is 5.75 Å². The number of benzene rings is 1. The average molecular weight is 423 g/mol. The van der Waals surface area contributed by atoms with Crippen LogP contribution in [0.3, 0.4) is 0 Å². The summed E-state index contributed by atoms with van der Waals surface area (Å²) in [4.78, 5) is 38.7. The van der Waals surface area contributed by atoms with Gasteiger partial charge < -0.3 is 24.6 Å². The molecule has 2 unspecified atom stereocenters. The van der Waals surface area contributed by atoms with Crippen molar-refractivity contribution in [2.45, 2.75) is 25.4 Å². The molecule has 30 heavy (non-hydrogen) atoms. The Morgan fingerprint density at radius 3 is 2.77 bits per heavy atom. The Morgan fingerprint density at radius 1 is 1.30 bits per heavy atom. The molecule has 158 valence electrons. The minimum atomic E-state index is -1.10. The highest BCUT2D eigenvalue weighted by molar-refractivity contribution is 5.99. The number of hydrogen-bond donors (Lipinski definition) is 2. The number of pyridine rings is 1. The van der Waals surface area contributed by atoms with Crippen molar-refractivity contribution in [2.75, 3.05) is 13.3 Å². The van der Waals surface area contributed by atoms with E-state index >= 15 is 0 Å². The zero-order valence-electron chi connectivity index (χ0n) is 15.4. The third kappa shape index (κ3) is 3.20. The Bertz CT molecular complexity index is 1100. The van der Waals surface area contributed by atoms with Crippen LogP contribution in [-0.2, 0) is 17.8 Å². The summed E-state index contributed by atoms with van der Waals surface area (Å²) in [5.41, 5.74) is -1.93. The van der Waals surface area contributed by atoms with Gasteiger partial charge in [-0.2, -0.15) is 0 Å². The van der Waals surface area contributed by atoms with E-state index in [0.717, 1.165) is 23.2 Å². The van der Waals surface area contributed by atoms with Crippen LogP contribution >= 0.6 is 0 Å². The van der Waals surface area contributed by atoms with Gasteiger partial charge in [-0.05, 0) is 6.07 Å². The molecule has 2 atom stereocenters. The molecule has 3 heterocycles. The first-order chi connectivity index (χ1) is 14.3. The predicted molar refractivity (Wildman–Crippen MR) is 95.6 cm³/mol. The van der Waals surface area contributed by atoms with Crippen LogP contribution in [0.4, 0.5) is 13.2 Å². The number of carbonyl (C=O) groups excluding carboxylic acids is 2. The van der Waals surface area contributed by atoms with Crippen molar-refractivity contribution in [1.82, 2.24) is 14.8 Å². The van der Waals surface area contributed by atoms with Gasteiger partial charge in [-0.3, -0.25) is 14.4 Å². The summed E-state index contributed by atoms with van der Waals surface area (Å²) >= 11 is 0. The van der Waals surface area contributed by atoms with Crippen molar-refractivity contribution in [1.29, 1.82) is 0 Å². The molecule has 0 radical (unpaired) electrons. The smallest absolute Gasteiger partial charge is 0.277 e. The molecular formula is C19H16F3N3O5. The van der Waals surface area contributed by atoms with E-state index in [1.54, 1.807) is 0 Å². The summed E-state index contributed by atoms with van der Waals surface area (Å²) in [5.74, 6) is -4.28. The number of amides is 2. The van der Waals surface area contributed by atoms with E-state index in [-0.39, 0.29) is 31.0 Å². The van der Waals surface area contributed by atoms with Gasteiger partial charge in [0, 0.05) is 24.4 Å². The van der Waals surface area contributed by atoms with Gasteiger partial charge in [-0.1, -0.05) is 6.07 Å². The maximum Gasteiger partial charge on any atom is 0.277 e. The van der Waals surface area contributed by atoms with E-state index in [4.69, 9.17) is 4.74 Å². The monoisotopic (exact) mass is 423 g/mol. The molecule has 11 heteroatoms. The van der Waals surface area contributed by atoms with Gasteiger partial charge in [-0.25, -0.2) is 13.2 Å². The highest BCUT2D eigenvalue weighted by Gasteiger charge is 2.44. The van der Waals surface area contributed by atoms with Crippen molar-refractivity contribution >= 4 is 11.8 Å². The molecular weight excluding hydrogens is 407 g/mol. The molecule has 4 rings (SSSR count). The molecule has 0 saturated carbocycles. The lowest BCUT2D eigenvalue weighted by atomic mass is 10.1. The second-order valence-corrected chi connectivity index (χ2v) is 6.95. The van der Waals surface area contributed by atoms with Crippen LogP contribution in [0.25, 0.3) is 0 Å². The molecule has 1 saturated heterocycles. The van der Waals surface area contributed by atoms with Crippen molar-refractivity contribution < 1.29 is 32.6 Å². The number of hydrogen-bond acceptors (Lipinski definition) is 5. The van der Waals surface area contributed by atoms with Crippen molar-refractivity contribution in [3.05, 3.63) is 63.1 Å². The van der Waals surface area contributed by atoms with Crippen molar-refractivity contribution in [2.24, 2.45) is 0 Å². The minimum Gasteiger partial charge on any atom is -0.503 e. The first kappa shape index (κ1) is 20.0. The Labute approximate surface area is 167 Å². The summed E-state index contributed by atoms with van der Waals surface area (Å²) < 4.78 is 46.4. The molecule has 0 spiro atoms. The second kappa shape index (κ2) is 7.48. The van der Waals surface area contributed by atoms with Crippen LogP contribution in [0.1, 0.15) is 26.4 Å². The summed E-state index contributed by atoms with van der Waals surface area (Å²) in [6, 6.07) is 2.01. The topological polar surface area (TPSA) is 101 Å². The van der Waals surface area contributed by atoms with Crippen LogP contribution in [0.15, 0.2) is 29.2 Å². The quantitative estimate of drug-likeness (QED) is 0.762. The molecule has 1 fully saturated rings. The summed E-state index contributed by atoms with van der Waals surface area (Å²) in [7, 11) is 0. The molecule has 8 nitrogen and oxygen atoms in total.